The van der Waals surface area contributed by atoms with Gasteiger partial charge in [-0.1, -0.05) is 12.1 Å². The van der Waals surface area contributed by atoms with Crippen LogP contribution in [-0.2, 0) is 11.2 Å². The first-order chi connectivity index (χ1) is 10.1. The molecule has 0 unspecified atom stereocenters. The molecule has 6 heteroatoms. The highest BCUT2D eigenvalue weighted by Gasteiger charge is 2.03. The maximum Gasteiger partial charge on any atom is 0.245 e. The number of rotatable bonds is 5. The molecule has 2 aromatic rings. The fourth-order valence-corrected chi connectivity index (χ4v) is 3.21. The van der Waals surface area contributed by atoms with Crippen LogP contribution >= 0.6 is 27.3 Å². The molecular formula is C15H16BrN3OS. The average Bonchev–Trinajstić information content (AvgIpc) is 2.91. The summed E-state index contributed by atoms with van der Waals surface area (Å²) in [5.74, 6) is -0.113. The number of amides is 1. The van der Waals surface area contributed by atoms with Crippen LogP contribution < -0.4 is 10.3 Å². The van der Waals surface area contributed by atoms with E-state index in [0.29, 0.717) is 6.42 Å². The first-order valence-corrected chi connectivity index (χ1v) is 8.04. The van der Waals surface area contributed by atoms with Gasteiger partial charge in [0.25, 0.3) is 0 Å². The third-order valence-corrected chi connectivity index (χ3v) is 4.28. The average molecular weight is 366 g/mol. The summed E-state index contributed by atoms with van der Waals surface area (Å²) in [6.07, 6.45) is 1.99. The van der Waals surface area contributed by atoms with Crippen LogP contribution in [0.1, 0.15) is 10.4 Å². The fourth-order valence-electron chi connectivity index (χ4n) is 1.76. The zero-order chi connectivity index (χ0) is 15.2. The minimum atomic E-state index is -0.113. The van der Waals surface area contributed by atoms with Gasteiger partial charge in [-0.3, -0.25) is 4.79 Å². The molecule has 21 heavy (non-hydrogen) atoms. The van der Waals surface area contributed by atoms with Gasteiger partial charge in [0, 0.05) is 23.4 Å². The molecule has 0 aliphatic heterocycles. The molecule has 0 atom stereocenters. The summed E-state index contributed by atoms with van der Waals surface area (Å²) in [5.41, 5.74) is 4.55. The van der Waals surface area contributed by atoms with Gasteiger partial charge < -0.3 is 4.90 Å². The topological polar surface area (TPSA) is 44.7 Å². The van der Waals surface area contributed by atoms with Gasteiger partial charge in [0.2, 0.25) is 5.91 Å². The number of thiophene rings is 1. The minimum Gasteiger partial charge on any atom is -0.377 e. The molecule has 110 valence electrons. The van der Waals surface area contributed by atoms with Gasteiger partial charge in [0.1, 0.15) is 0 Å². The summed E-state index contributed by atoms with van der Waals surface area (Å²) in [7, 11) is 3.97. The van der Waals surface area contributed by atoms with Crippen LogP contribution in [0.2, 0.25) is 0 Å². The number of nitrogens with zero attached hydrogens (tertiary/aromatic N) is 2. The Morgan fingerprint density at radius 3 is 2.86 bits per heavy atom. The molecule has 0 radical (unpaired) electrons. The number of benzene rings is 1. The van der Waals surface area contributed by atoms with Crippen molar-refractivity contribution in [3.8, 4) is 0 Å². The molecule has 1 N–H and O–H groups in total. The van der Waals surface area contributed by atoms with E-state index in [1.807, 2.05) is 54.7 Å². The van der Waals surface area contributed by atoms with E-state index in [9.17, 15) is 4.79 Å². The molecular weight excluding hydrogens is 350 g/mol. The van der Waals surface area contributed by atoms with Gasteiger partial charge in [-0.2, -0.15) is 5.10 Å². The van der Waals surface area contributed by atoms with Crippen molar-refractivity contribution in [2.24, 2.45) is 5.10 Å². The molecule has 4 nitrogen and oxygen atoms in total. The van der Waals surface area contributed by atoms with Crippen LogP contribution in [0.25, 0.3) is 0 Å². The first kappa shape index (κ1) is 15.7. The van der Waals surface area contributed by atoms with Crippen LogP contribution in [0.3, 0.4) is 0 Å². The lowest BCUT2D eigenvalue weighted by Crippen LogP contribution is -2.19. The Bertz CT molecular complexity index is 638. The SMILES string of the molecule is CN(C)c1ccc(/C=N\NC(=O)Cc2cccs2)cc1Br. The van der Waals surface area contributed by atoms with Crippen LogP contribution in [0.15, 0.2) is 45.3 Å². The third kappa shape index (κ3) is 4.68. The maximum absolute atomic E-state index is 11.7. The molecule has 0 fully saturated rings. The monoisotopic (exact) mass is 365 g/mol. The molecule has 0 spiro atoms. The molecule has 0 saturated heterocycles. The maximum atomic E-state index is 11.7. The molecule has 1 aromatic carbocycles. The largest absolute Gasteiger partial charge is 0.377 e. The van der Waals surface area contributed by atoms with E-state index < -0.39 is 0 Å². The van der Waals surface area contributed by atoms with E-state index in [4.69, 9.17) is 0 Å². The zero-order valence-electron chi connectivity index (χ0n) is 11.8. The zero-order valence-corrected chi connectivity index (χ0v) is 14.2. The molecule has 0 saturated carbocycles. The Kier molecular flexibility index (Phi) is 5.52. The second-order valence-corrected chi connectivity index (χ2v) is 6.54. The number of carbonyl (C=O) groups excluding carboxylic acids is 1. The molecule has 0 bridgehead atoms. The number of halogens is 1. The van der Waals surface area contributed by atoms with Crippen molar-refractivity contribution in [1.29, 1.82) is 0 Å². The Labute approximate surface area is 136 Å². The van der Waals surface area contributed by atoms with E-state index in [1.54, 1.807) is 17.6 Å². The van der Waals surface area contributed by atoms with Gasteiger partial charge in [0.15, 0.2) is 0 Å². The third-order valence-electron chi connectivity index (χ3n) is 2.77. The van der Waals surface area contributed by atoms with E-state index in [1.165, 1.54) is 0 Å². The highest BCUT2D eigenvalue weighted by molar-refractivity contribution is 9.10. The lowest BCUT2D eigenvalue weighted by molar-refractivity contribution is -0.120. The molecule has 1 amide bonds. The molecule has 1 heterocycles. The van der Waals surface area contributed by atoms with Crippen molar-refractivity contribution in [2.45, 2.75) is 6.42 Å². The van der Waals surface area contributed by atoms with Crippen LogP contribution in [0, 0.1) is 0 Å². The molecule has 1 aromatic heterocycles. The van der Waals surface area contributed by atoms with Crippen molar-refractivity contribution in [3.63, 3.8) is 0 Å². The van der Waals surface area contributed by atoms with Crippen molar-refractivity contribution in [2.75, 3.05) is 19.0 Å². The summed E-state index contributed by atoms with van der Waals surface area (Å²) in [5, 5.41) is 5.94. The number of hydrogen-bond donors (Lipinski definition) is 1. The van der Waals surface area contributed by atoms with E-state index in [2.05, 4.69) is 26.5 Å². The summed E-state index contributed by atoms with van der Waals surface area (Å²) in [6, 6.07) is 9.78. The molecule has 0 aliphatic carbocycles. The summed E-state index contributed by atoms with van der Waals surface area (Å²) < 4.78 is 0.987. The predicted molar refractivity (Wildman–Crippen MR) is 92.2 cm³/mol. The van der Waals surface area contributed by atoms with Crippen molar-refractivity contribution in [3.05, 3.63) is 50.6 Å². The second kappa shape index (κ2) is 7.38. The first-order valence-electron chi connectivity index (χ1n) is 6.37. The van der Waals surface area contributed by atoms with Gasteiger partial charge in [-0.25, -0.2) is 5.43 Å². The standard InChI is InChI=1S/C15H16BrN3OS/c1-19(2)14-6-5-11(8-13(14)16)10-17-18-15(20)9-12-4-3-7-21-12/h3-8,10H,9H2,1-2H3,(H,18,20)/b17-10-. The number of nitrogens with one attached hydrogen (secondary N) is 1. The Balaban J connectivity index is 1.92. The van der Waals surface area contributed by atoms with Crippen LogP contribution in [-0.4, -0.2) is 26.2 Å². The Morgan fingerprint density at radius 1 is 1.43 bits per heavy atom. The van der Waals surface area contributed by atoms with Gasteiger partial charge in [-0.05, 0) is 45.1 Å². The van der Waals surface area contributed by atoms with Crippen LogP contribution in [0.5, 0.6) is 0 Å². The fraction of sp³-hybridized carbons (Fsp3) is 0.200. The molecule has 2 rings (SSSR count). The minimum absolute atomic E-state index is 0.113. The van der Waals surface area contributed by atoms with E-state index >= 15 is 0 Å². The highest BCUT2D eigenvalue weighted by atomic mass is 79.9. The van der Waals surface area contributed by atoms with E-state index in [0.717, 1.165) is 20.6 Å². The van der Waals surface area contributed by atoms with Crippen LogP contribution in [0.4, 0.5) is 5.69 Å². The van der Waals surface area contributed by atoms with Crippen molar-refractivity contribution in [1.82, 2.24) is 5.43 Å². The lowest BCUT2D eigenvalue weighted by Gasteiger charge is -2.14. The number of carbonyl (C=O) groups is 1. The highest BCUT2D eigenvalue weighted by Crippen LogP contribution is 2.25. The van der Waals surface area contributed by atoms with Gasteiger partial charge in [-0.15, -0.1) is 11.3 Å². The van der Waals surface area contributed by atoms with Gasteiger partial charge >= 0.3 is 0 Å². The predicted octanol–water partition coefficient (Wildman–Crippen LogP) is 3.27. The summed E-state index contributed by atoms with van der Waals surface area (Å²) >= 11 is 5.08. The van der Waals surface area contributed by atoms with Crippen molar-refractivity contribution < 1.29 is 4.79 Å². The smallest absolute Gasteiger partial charge is 0.245 e. The quantitative estimate of drug-likeness (QED) is 0.652. The molecule has 0 aliphatic rings. The Morgan fingerprint density at radius 2 is 2.24 bits per heavy atom. The summed E-state index contributed by atoms with van der Waals surface area (Å²) in [4.78, 5) is 14.7. The number of anilines is 1. The normalized spacial score (nSPS) is 10.8. The summed E-state index contributed by atoms with van der Waals surface area (Å²) in [6.45, 7) is 0. The van der Waals surface area contributed by atoms with Crippen molar-refractivity contribution >= 4 is 45.1 Å². The second-order valence-electron chi connectivity index (χ2n) is 4.65. The number of hydrogen-bond acceptors (Lipinski definition) is 4. The Hall–Kier alpha value is -1.66. The van der Waals surface area contributed by atoms with Gasteiger partial charge in [0.05, 0.1) is 18.3 Å². The lowest BCUT2D eigenvalue weighted by atomic mass is 10.2. The van der Waals surface area contributed by atoms with E-state index in [-0.39, 0.29) is 5.91 Å². The number of hydrazone groups is 1.